The molecule has 16 heavy (non-hydrogen) atoms. The Labute approximate surface area is 95.4 Å². The van der Waals surface area contributed by atoms with E-state index >= 15 is 0 Å². The van der Waals surface area contributed by atoms with Crippen molar-refractivity contribution in [3.63, 3.8) is 0 Å². The lowest BCUT2D eigenvalue weighted by atomic mass is 10.2. The zero-order chi connectivity index (χ0) is 12.3. The Morgan fingerprint density at radius 2 is 2.06 bits per heavy atom. The molecule has 2 N–H and O–H groups in total. The van der Waals surface area contributed by atoms with Crippen LogP contribution < -0.4 is 5.73 Å². The predicted octanol–water partition coefficient (Wildman–Crippen LogP) is 2.23. The van der Waals surface area contributed by atoms with Crippen LogP contribution in [0.25, 0.3) is 0 Å². The zero-order valence-electron chi connectivity index (χ0n) is 9.40. The van der Waals surface area contributed by atoms with E-state index in [4.69, 9.17) is 5.73 Å². The highest BCUT2D eigenvalue weighted by Gasteiger charge is 2.21. The Balaban J connectivity index is 3.08. The fourth-order valence-corrected chi connectivity index (χ4v) is 3.15. The topological polar surface area (TPSA) is 60.2 Å². The first kappa shape index (κ1) is 13.0. The minimum Gasteiger partial charge on any atom is -0.399 e. The Hall–Kier alpha value is -1.10. The lowest BCUT2D eigenvalue weighted by molar-refractivity contribution is 0.548. The van der Waals surface area contributed by atoms with Crippen molar-refractivity contribution in [3.05, 3.63) is 24.0 Å². The van der Waals surface area contributed by atoms with Gasteiger partial charge >= 0.3 is 0 Å². The summed E-state index contributed by atoms with van der Waals surface area (Å²) in [6.45, 7) is 3.73. The van der Waals surface area contributed by atoms with Crippen LogP contribution in [0, 0.1) is 11.7 Å². The van der Waals surface area contributed by atoms with Gasteiger partial charge in [0.15, 0.2) is 9.84 Å². The van der Waals surface area contributed by atoms with Crippen molar-refractivity contribution in [2.45, 2.75) is 25.2 Å². The Morgan fingerprint density at radius 1 is 1.44 bits per heavy atom. The van der Waals surface area contributed by atoms with Crippen LogP contribution in [-0.4, -0.2) is 14.2 Å². The van der Waals surface area contributed by atoms with Gasteiger partial charge in [-0.3, -0.25) is 0 Å². The van der Waals surface area contributed by atoms with Crippen LogP contribution >= 0.6 is 0 Å². The average Bonchev–Trinajstić information content (AvgIpc) is 2.16. The summed E-state index contributed by atoms with van der Waals surface area (Å²) >= 11 is 0. The van der Waals surface area contributed by atoms with E-state index in [1.807, 2.05) is 13.8 Å². The standard InChI is InChI=1S/C11H16FNO2S/c1-3-8(2)7-16(14,15)11-5-4-9(13)6-10(11)12/h4-6,8H,3,7,13H2,1-2H3. The second-order valence-corrected chi connectivity index (χ2v) is 5.99. The first-order chi connectivity index (χ1) is 7.36. The van der Waals surface area contributed by atoms with E-state index in [1.165, 1.54) is 12.1 Å². The van der Waals surface area contributed by atoms with Gasteiger partial charge in [-0.2, -0.15) is 0 Å². The van der Waals surface area contributed by atoms with Gasteiger partial charge < -0.3 is 5.73 Å². The van der Waals surface area contributed by atoms with Crippen LogP contribution in [-0.2, 0) is 9.84 Å². The molecular formula is C11H16FNO2S. The first-order valence-electron chi connectivity index (χ1n) is 5.14. The van der Waals surface area contributed by atoms with Gasteiger partial charge in [0.1, 0.15) is 10.7 Å². The molecule has 0 saturated carbocycles. The van der Waals surface area contributed by atoms with E-state index in [9.17, 15) is 12.8 Å². The maximum atomic E-state index is 13.4. The van der Waals surface area contributed by atoms with Crippen LogP contribution in [0.1, 0.15) is 20.3 Å². The summed E-state index contributed by atoms with van der Waals surface area (Å²) in [4.78, 5) is -0.262. The van der Waals surface area contributed by atoms with E-state index in [1.54, 1.807) is 0 Å². The number of nitrogen functional groups attached to an aromatic ring is 1. The Kier molecular flexibility index (Phi) is 3.91. The van der Waals surface area contributed by atoms with Crippen molar-refractivity contribution in [3.8, 4) is 0 Å². The summed E-state index contributed by atoms with van der Waals surface area (Å²) in [6, 6.07) is 3.65. The van der Waals surface area contributed by atoms with Gasteiger partial charge in [0.25, 0.3) is 0 Å². The molecule has 1 aromatic carbocycles. The summed E-state index contributed by atoms with van der Waals surface area (Å²) in [7, 11) is -3.55. The quantitative estimate of drug-likeness (QED) is 0.827. The van der Waals surface area contributed by atoms with Gasteiger partial charge in [0.2, 0.25) is 0 Å². The maximum absolute atomic E-state index is 13.4. The van der Waals surface area contributed by atoms with Gasteiger partial charge in [-0.25, -0.2) is 12.8 Å². The van der Waals surface area contributed by atoms with Crippen LogP contribution in [0.15, 0.2) is 23.1 Å². The van der Waals surface area contributed by atoms with Crippen LogP contribution in [0.4, 0.5) is 10.1 Å². The molecule has 90 valence electrons. The van der Waals surface area contributed by atoms with Crippen molar-refractivity contribution in [1.29, 1.82) is 0 Å². The lowest BCUT2D eigenvalue weighted by Gasteiger charge is -2.10. The predicted molar refractivity (Wildman–Crippen MR) is 62.3 cm³/mol. The molecule has 0 aliphatic rings. The number of rotatable bonds is 4. The minimum absolute atomic E-state index is 0.0157. The second-order valence-electron chi connectivity index (χ2n) is 3.98. The maximum Gasteiger partial charge on any atom is 0.181 e. The fraction of sp³-hybridized carbons (Fsp3) is 0.455. The minimum atomic E-state index is -3.55. The molecule has 1 atom stereocenters. The molecule has 0 fully saturated rings. The van der Waals surface area contributed by atoms with Gasteiger partial charge in [-0.15, -0.1) is 0 Å². The number of hydrogen-bond donors (Lipinski definition) is 1. The normalized spacial score (nSPS) is 13.7. The summed E-state index contributed by atoms with van der Waals surface area (Å²) in [5.74, 6) is -0.796. The summed E-state index contributed by atoms with van der Waals surface area (Å²) < 4.78 is 37.1. The number of benzene rings is 1. The zero-order valence-corrected chi connectivity index (χ0v) is 10.2. The summed E-state index contributed by atoms with van der Waals surface area (Å²) in [6.07, 6.45) is 0.746. The van der Waals surface area contributed by atoms with Crippen molar-refractivity contribution in [2.24, 2.45) is 5.92 Å². The molecule has 0 amide bonds. The first-order valence-corrected chi connectivity index (χ1v) is 6.80. The highest BCUT2D eigenvalue weighted by atomic mass is 32.2. The molecule has 1 unspecified atom stereocenters. The average molecular weight is 245 g/mol. The molecule has 0 saturated heterocycles. The van der Waals surface area contributed by atoms with E-state index < -0.39 is 15.7 Å². The number of nitrogens with two attached hydrogens (primary N) is 1. The molecule has 0 heterocycles. The lowest BCUT2D eigenvalue weighted by Crippen LogP contribution is -2.15. The molecule has 0 aliphatic heterocycles. The third kappa shape index (κ3) is 2.95. The SMILES string of the molecule is CCC(C)CS(=O)(=O)c1ccc(N)cc1F. The van der Waals surface area contributed by atoms with E-state index in [0.29, 0.717) is 0 Å². The van der Waals surface area contributed by atoms with Crippen molar-refractivity contribution in [2.75, 3.05) is 11.5 Å². The number of hydrogen-bond acceptors (Lipinski definition) is 3. The van der Waals surface area contributed by atoms with Crippen molar-refractivity contribution >= 4 is 15.5 Å². The number of anilines is 1. The Morgan fingerprint density at radius 3 is 2.56 bits per heavy atom. The van der Waals surface area contributed by atoms with Crippen molar-refractivity contribution < 1.29 is 12.8 Å². The molecule has 1 aromatic rings. The summed E-state index contributed by atoms with van der Waals surface area (Å²) in [5, 5.41) is 0. The molecule has 0 aliphatic carbocycles. The molecule has 3 nitrogen and oxygen atoms in total. The fourth-order valence-electron chi connectivity index (χ4n) is 1.35. The van der Waals surface area contributed by atoms with Gasteiger partial charge in [0.05, 0.1) is 5.75 Å². The highest BCUT2D eigenvalue weighted by molar-refractivity contribution is 7.91. The number of sulfone groups is 1. The monoisotopic (exact) mass is 245 g/mol. The van der Waals surface area contributed by atoms with E-state index in [2.05, 4.69) is 0 Å². The molecule has 1 rings (SSSR count). The van der Waals surface area contributed by atoms with Crippen molar-refractivity contribution in [1.82, 2.24) is 0 Å². The molecule has 0 spiro atoms. The highest BCUT2D eigenvalue weighted by Crippen LogP contribution is 2.20. The second kappa shape index (κ2) is 4.82. The smallest absolute Gasteiger partial charge is 0.181 e. The summed E-state index contributed by atoms with van der Waals surface area (Å²) in [5.41, 5.74) is 5.59. The largest absolute Gasteiger partial charge is 0.399 e. The van der Waals surface area contributed by atoms with Gasteiger partial charge in [-0.1, -0.05) is 20.3 Å². The van der Waals surface area contributed by atoms with Crippen LogP contribution in [0.5, 0.6) is 0 Å². The third-order valence-corrected chi connectivity index (χ3v) is 4.50. The van der Waals surface area contributed by atoms with E-state index in [-0.39, 0.29) is 22.3 Å². The Bertz CT molecular complexity index is 471. The van der Waals surface area contributed by atoms with Crippen LogP contribution in [0.2, 0.25) is 0 Å². The molecular weight excluding hydrogens is 229 g/mol. The van der Waals surface area contributed by atoms with Crippen LogP contribution in [0.3, 0.4) is 0 Å². The molecule has 0 aromatic heterocycles. The van der Waals surface area contributed by atoms with E-state index in [0.717, 1.165) is 12.5 Å². The molecule has 0 radical (unpaired) electrons. The van der Waals surface area contributed by atoms with Gasteiger partial charge in [0, 0.05) is 5.69 Å². The molecule has 5 heteroatoms. The third-order valence-electron chi connectivity index (χ3n) is 2.49. The van der Waals surface area contributed by atoms with Gasteiger partial charge in [-0.05, 0) is 24.1 Å². The number of halogens is 1. The molecule has 0 bridgehead atoms.